The Hall–Kier alpha value is -2.56. The van der Waals surface area contributed by atoms with Gasteiger partial charge in [0.05, 0.1) is 13.7 Å². The molecule has 0 N–H and O–H groups in total. The Labute approximate surface area is 147 Å². The molecule has 0 unspecified atom stereocenters. The molecule has 0 spiro atoms. The third-order valence-corrected chi connectivity index (χ3v) is 4.26. The van der Waals surface area contributed by atoms with Gasteiger partial charge in [0.1, 0.15) is 5.82 Å². The molecule has 0 radical (unpaired) electrons. The summed E-state index contributed by atoms with van der Waals surface area (Å²) < 4.78 is 24.8. The summed E-state index contributed by atoms with van der Waals surface area (Å²) in [6.45, 7) is 2.63. The van der Waals surface area contributed by atoms with Gasteiger partial charge in [0.25, 0.3) is 5.91 Å². The summed E-state index contributed by atoms with van der Waals surface area (Å²) in [7, 11) is 1.56. The number of carbonyl (C=O) groups excluding carboxylic acids is 1. The number of nitrogens with zero attached hydrogens (tertiary/aromatic N) is 1. The minimum atomic E-state index is -0.286. The first-order valence-electron chi connectivity index (χ1n) is 8.49. The van der Waals surface area contributed by atoms with Crippen molar-refractivity contribution in [3.05, 3.63) is 59.4 Å². The predicted molar refractivity (Wildman–Crippen MR) is 93.5 cm³/mol. The zero-order valence-electron chi connectivity index (χ0n) is 14.5. The maximum absolute atomic E-state index is 14.0. The van der Waals surface area contributed by atoms with Gasteiger partial charge in [0.15, 0.2) is 11.5 Å². The number of benzene rings is 2. The van der Waals surface area contributed by atoms with Crippen molar-refractivity contribution in [1.82, 2.24) is 4.90 Å². The molecule has 5 heteroatoms. The highest BCUT2D eigenvalue weighted by Crippen LogP contribution is 2.33. The lowest BCUT2D eigenvalue weighted by Crippen LogP contribution is -2.33. The molecule has 4 nitrogen and oxygen atoms in total. The summed E-state index contributed by atoms with van der Waals surface area (Å²) in [6, 6.07) is 11.9. The third-order valence-electron chi connectivity index (χ3n) is 4.26. The first-order chi connectivity index (χ1) is 12.1. The number of amides is 1. The van der Waals surface area contributed by atoms with Crippen LogP contribution in [0.4, 0.5) is 4.39 Å². The van der Waals surface area contributed by atoms with E-state index >= 15 is 0 Å². The normalized spacial score (nSPS) is 13.4. The fourth-order valence-electron chi connectivity index (χ4n) is 2.81. The van der Waals surface area contributed by atoms with Crippen LogP contribution in [0.2, 0.25) is 0 Å². The molecule has 0 heterocycles. The monoisotopic (exact) mass is 343 g/mol. The van der Waals surface area contributed by atoms with Crippen LogP contribution in [0.3, 0.4) is 0 Å². The van der Waals surface area contributed by atoms with Crippen molar-refractivity contribution >= 4 is 5.91 Å². The van der Waals surface area contributed by atoms with Crippen LogP contribution < -0.4 is 9.47 Å². The molecule has 0 bridgehead atoms. The maximum atomic E-state index is 14.0. The number of methoxy groups -OCH3 is 1. The molecule has 2 aromatic carbocycles. The summed E-state index contributed by atoms with van der Waals surface area (Å²) in [4.78, 5) is 14.8. The topological polar surface area (TPSA) is 38.8 Å². The lowest BCUT2D eigenvalue weighted by atomic mass is 10.1. The van der Waals surface area contributed by atoms with E-state index in [1.165, 1.54) is 6.07 Å². The van der Waals surface area contributed by atoms with E-state index in [2.05, 4.69) is 0 Å². The quantitative estimate of drug-likeness (QED) is 0.762. The van der Waals surface area contributed by atoms with Gasteiger partial charge < -0.3 is 14.4 Å². The van der Waals surface area contributed by atoms with Gasteiger partial charge in [-0.15, -0.1) is 0 Å². The zero-order valence-corrected chi connectivity index (χ0v) is 14.5. The van der Waals surface area contributed by atoms with Crippen LogP contribution in [-0.4, -0.2) is 30.6 Å². The van der Waals surface area contributed by atoms with Crippen LogP contribution in [0, 0.1) is 5.82 Å². The van der Waals surface area contributed by atoms with Gasteiger partial charge in [-0.25, -0.2) is 4.39 Å². The Balaban J connectivity index is 1.86. The summed E-state index contributed by atoms with van der Waals surface area (Å²) in [5.74, 6) is 0.725. The Morgan fingerprint density at radius 3 is 2.60 bits per heavy atom. The van der Waals surface area contributed by atoms with E-state index in [1.54, 1.807) is 48.4 Å². The summed E-state index contributed by atoms with van der Waals surface area (Å²) >= 11 is 0. The highest BCUT2D eigenvalue weighted by molar-refractivity contribution is 5.95. The molecular weight excluding hydrogens is 321 g/mol. The van der Waals surface area contributed by atoms with Crippen molar-refractivity contribution in [2.24, 2.45) is 0 Å². The fourth-order valence-corrected chi connectivity index (χ4v) is 2.81. The molecule has 2 aromatic rings. The molecule has 25 heavy (non-hydrogen) atoms. The molecule has 0 aromatic heterocycles. The van der Waals surface area contributed by atoms with Crippen molar-refractivity contribution in [1.29, 1.82) is 0 Å². The SMILES string of the molecule is CCOc1cc(C(=O)N(Cc2ccccc2F)C2CC2)ccc1OC. The largest absolute Gasteiger partial charge is 0.493 e. The fraction of sp³-hybridized carbons (Fsp3) is 0.350. The molecule has 0 saturated heterocycles. The van der Waals surface area contributed by atoms with Gasteiger partial charge >= 0.3 is 0 Å². The minimum Gasteiger partial charge on any atom is -0.493 e. The average Bonchev–Trinajstić information content (AvgIpc) is 3.46. The van der Waals surface area contributed by atoms with E-state index in [4.69, 9.17) is 9.47 Å². The molecule has 1 aliphatic carbocycles. The summed E-state index contributed by atoms with van der Waals surface area (Å²) in [5.41, 5.74) is 1.05. The van der Waals surface area contributed by atoms with Crippen molar-refractivity contribution in [2.75, 3.05) is 13.7 Å². The molecule has 1 amide bonds. The summed E-state index contributed by atoms with van der Waals surface area (Å²) in [6.07, 6.45) is 1.91. The minimum absolute atomic E-state index is 0.116. The van der Waals surface area contributed by atoms with Crippen LogP contribution in [0.5, 0.6) is 11.5 Å². The zero-order chi connectivity index (χ0) is 17.8. The predicted octanol–water partition coefficient (Wildman–Crippen LogP) is 4.04. The van der Waals surface area contributed by atoms with Crippen molar-refractivity contribution in [2.45, 2.75) is 32.4 Å². The lowest BCUT2D eigenvalue weighted by molar-refractivity contribution is 0.0727. The number of hydrogen-bond donors (Lipinski definition) is 0. The van der Waals surface area contributed by atoms with Gasteiger partial charge in [-0.1, -0.05) is 18.2 Å². The Kier molecular flexibility index (Phi) is 5.22. The highest BCUT2D eigenvalue weighted by atomic mass is 19.1. The number of hydrogen-bond acceptors (Lipinski definition) is 3. The summed E-state index contributed by atoms with van der Waals surface area (Å²) in [5, 5.41) is 0. The first kappa shape index (κ1) is 17.3. The number of rotatable bonds is 7. The Morgan fingerprint density at radius 2 is 1.96 bits per heavy atom. The van der Waals surface area contributed by atoms with E-state index < -0.39 is 0 Å². The van der Waals surface area contributed by atoms with Crippen molar-refractivity contribution in [3.8, 4) is 11.5 Å². The van der Waals surface area contributed by atoms with Crippen molar-refractivity contribution < 1.29 is 18.7 Å². The molecule has 0 atom stereocenters. The van der Waals surface area contributed by atoms with Gasteiger partial charge in [-0.3, -0.25) is 4.79 Å². The van der Waals surface area contributed by atoms with Gasteiger partial charge in [0.2, 0.25) is 0 Å². The van der Waals surface area contributed by atoms with E-state index in [0.29, 0.717) is 29.2 Å². The lowest BCUT2D eigenvalue weighted by Gasteiger charge is -2.23. The molecule has 1 fully saturated rings. The maximum Gasteiger partial charge on any atom is 0.254 e. The smallest absolute Gasteiger partial charge is 0.254 e. The van der Waals surface area contributed by atoms with Gasteiger partial charge in [0, 0.05) is 23.7 Å². The first-order valence-corrected chi connectivity index (χ1v) is 8.49. The van der Waals surface area contributed by atoms with Crippen LogP contribution in [-0.2, 0) is 6.54 Å². The van der Waals surface area contributed by atoms with Gasteiger partial charge in [-0.2, -0.15) is 0 Å². The molecule has 132 valence electrons. The average molecular weight is 343 g/mol. The highest BCUT2D eigenvalue weighted by Gasteiger charge is 2.33. The number of halogens is 1. The Morgan fingerprint density at radius 1 is 1.20 bits per heavy atom. The van der Waals surface area contributed by atoms with E-state index in [-0.39, 0.29) is 24.3 Å². The molecular formula is C20H22FNO3. The Bertz CT molecular complexity index is 758. The van der Waals surface area contributed by atoms with E-state index in [9.17, 15) is 9.18 Å². The standard InChI is InChI=1S/C20H22FNO3/c1-3-25-19-12-14(8-11-18(19)24-2)20(23)22(16-9-10-16)13-15-6-4-5-7-17(15)21/h4-8,11-12,16H,3,9-10,13H2,1-2H3. The molecule has 1 aliphatic rings. The second kappa shape index (κ2) is 7.55. The number of ether oxygens (including phenoxy) is 2. The second-order valence-electron chi connectivity index (χ2n) is 6.05. The third kappa shape index (κ3) is 3.92. The van der Waals surface area contributed by atoms with E-state index in [1.807, 2.05) is 6.92 Å². The van der Waals surface area contributed by atoms with Crippen LogP contribution in [0.25, 0.3) is 0 Å². The van der Waals surface area contributed by atoms with Gasteiger partial charge in [-0.05, 0) is 44.0 Å². The number of carbonyl (C=O) groups is 1. The molecule has 0 aliphatic heterocycles. The van der Waals surface area contributed by atoms with Crippen LogP contribution in [0.15, 0.2) is 42.5 Å². The molecule has 1 saturated carbocycles. The van der Waals surface area contributed by atoms with E-state index in [0.717, 1.165) is 12.8 Å². The van der Waals surface area contributed by atoms with Crippen LogP contribution in [0.1, 0.15) is 35.7 Å². The van der Waals surface area contributed by atoms with Crippen LogP contribution >= 0.6 is 0 Å². The molecule has 3 rings (SSSR count). The van der Waals surface area contributed by atoms with Crippen molar-refractivity contribution in [3.63, 3.8) is 0 Å². The second-order valence-corrected chi connectivity index (χ2v) is 6.05.